The molecule has 0 heterocycles. The highest BCUT2D eigenvalue weighted by atomic mass is 32.2. The second-order valence-electron chi connectivity index (χ2n) is 6.42. The van der Waals surface area contributed by atoms with Crippen LogP contribution in [0.1, 0.15) is 27.0 Å². The maximum absolute atomic E-state index is 12.4. The Kier molecular flexibility index (Phi) is 5.93. The van der Waals surface area contributed by atoms with Crippen molar-refractivity contribution in [3.8, 4) is 11.8 Å². The highest BCUT2D eigenvalue weighted by Gasteiger charge is 2.08. The van der Waals surface area contributed by atoms with Gasteiger partial charge in [0.1, 0.15) is 0 Å². The zero-order chi connectivity index (χ0) is 20.0. The Bertz CT molecular complexity index is 1140. The van der Waals surface area contributed by atoms with Gasteiger partial charge in [-0.05, 0) is 48.0 Å². The van der Waals surface area contributed by atoms with Crippen LogP contribution in [0.5, 0.6) is 0 Å². The van der Waals surface area contributed by atoms with Gasteiger partial charge in [-0.15, -0.1) is 0 Å². The zero-order valence-electron chi connectivity index (χ0n) is 15.3. The minimum Gasteiger partial charge on any atom is -0.322 e. The van der Waals surface area contributed by atoms with Crippen LogP contribution in [0.25, 0.3) is 0 Å². The molecular weight excluding hydrogens is 370 g/mol. The predicted octanol–water partition coefficient (Wildman–Crippen LogP) is 3.88. The van der Waals surface area contributed by atoms with Crippen LogP contribution in [0.3, 0.4) is 0 Å². The normalized spacial score (nSPS) is 10.6. The van der Waals surface area contributed by atoms with Gasteiger partial charge in [0.15, 0.2) is 9.84 Å². The molecule has 0 bridgehead atoms. The predicted molar refractivity (Wildman–Crippen MR) is 112 cm³/mol. The fourth-order valence-corrected chi connectivity index (χ4v) is 3.40. The van der Waals surface area contributed by atoms with Crippen LogP contribution >= 0.6 is 0 Å². The van der Waals surface area contributed by atoms with Gasteiger partial charge in [-0.25, -0.2) is 8.42 Å². The number of benzene rings is 3. The van der Waals surface area contributed by atoms with Crippen molar-refractivity contribution in [1.82, 2.24) is 0 Å². The molecule has 3 rings (SSSR count). The SMILES string of the molecule is CS(=O)(=O)Cc1ccc(C(=O)Nc2cccc(C#Cc3ccccc3)c2)cc1. The second kappa shape index (κ2) is 8.55. The third-order valence-corrected chi connectivity index (χ3v) is 4.75. The lowest BCUT2D eigenvalue weighted by atomic mass is 10.1. The Labute approximate surface area is 165 Å². The van der Waals surface area contributed by atoms with E-state index in [0.717, 1.165) is 11.1 Å². The van der Waals surface area contributed by atoms with E-state index in [4.69, 9.17) is 0 Å². The third kappa shape index (κ3) is 5.83. The molecule has 0 unspecified atom stereocenters. The van der Waals surface area contributed by atoms with E-state index >= 15 is 0 Å². The van der Waals surface area contributed by atoms with E-state index in [0.29, 0.717) is 16.8 Å². The molecule has 3 aromatic rings. The maximum atomic E-state index is 12.4. The first-order chi connectivity index (χ1) is 13.4. The molecule has 0 atom stereocenters. The molecule has 0 saturated heterocycles. The van der Waals surface area contributed by atoms with E-state index in [9.17, 15) is 13.2 Å². The largest absolute Gasteiger partial charge is 0.322 e. The number of hydrogen-bond acceptors (Lipinski definition) is 3. The van der Waals surface area contributed by atoms with Gasteiger partial charge in [0.25, 0.3) is 5.91 Å². The monoisotopic (exact) mass is 389 g/mol. The van der Waals surface area contributed by atoms with E-state index in [1.54, 1.807) is 30.3 Å². The van der Waals surface area contributed by atoms with Crippen LogP contribution in [0.4, 0.5) is 5.69 Å². The fraction of sp³-hybridized carbons (Fsp3) is 0.0870. The average molecular weight is 389 g/mol. The van der Waals surface area contributed by atoms with Gasteiger partial charge >= 0.3 is 0 Å². The highest BCUT2D eigenvalue weighted by Crippen LogP contribution is 2.13. The molecule has 140 valence electrons. The van der Waals surface area contributed by atoms with Crippen LogP contribution in [0, 0.1) is 11.8 Å². The molecule has 0 fully saturated rings. The van der Waals surface area contributed by atoms with Gasteiger partial charge in [-0.1, -0.05) is 48.2 Å². The standard InChI is InChI=1S/C23H19NO3S/c1-28(26,27)17-20-12-14-21(15-13-20)23(25)24-22-9-5-8-19(16-22)11-10-18-6-3-2-4-7-18/h2-9,12-16H,17H2,1H3,(H,24,25). The van der Waals surface area contributed by atoms with Crippen LogP contribution < -0.4 is 5.32 Å². The first kappa shape index (κ1) is 19.4. The van der Waals surface area contributed by atoms with Crippen molar-refractivity contribution in [1.29, 1.82) is 0 Å². The highest BCUT2D eigenvalue weighted by molar-refractivity contribution is 7.89. The summed E-state index contributed by atoms with van der Waals surface area (Å²) in [5, 5.41) is 2.84. The van der Waals surface area contributed by atoms with E-state index in [2.05, 4.69) is 17.2 Å². The Hall–Kier alpha value is -3.36. The van der Waals surface area contributed by atoms with Gasteiger partial charge in [0.2, 0.25) is 0 Å². The van der Waals surface area contributed by atoms with Crippen molar-refractivity contribution in [2.24, 2.45) is 0 Å². The van der Waals surface area contributed by atoms with Crippen molar-refractivity contribution < 1.29 is 13.2 Å². The van der Waals surface area contributed by atoms with Gasteiger partial charge in [0, 0.05) is 28.6 Å². The third-order valence-electron chi connectivity index (χ3n) is 3.89. The molecule has 0 spiro atoms. The van der Waals surface area contributed by atoms with Crippen molar-refractivity contribution in [3.05, 3.63) is 101 Å². The summed E-state index contributed by atoms with van der Waals surface area (Å²) in [7, 11) is -3.10. The second-order valence-corrected chi connectivity index (χ2v) is 8.56. The molecule has 0 aromatic heterocycles. The van der Waals surface area contributed by atoms with Gasteiger partial charge < -0.3 is 5.32 Å². The van der Waals surface area contributed by atoms with Gasteiger partial charge in [-0.2, -0.15) is 0 Å². The Morgan fingerprint density at radius 2 is 1.50 bits per heavy atom. The quantitative estimate of drug-likeness (QED) is 0.689. The average Bonchev–Trinajstić information content (AvgIpc) is 2.67. The summed E-state index contributed by atoms with van der Waals surface area (Å²) < 4.78 is 22.7. The molecule has 28 heavy (non-hydrogen) atoms. The van der Waals surface area contributed by atoms with Crippen molar-refractivity contribution in [2.75, 3.05) is 11.6 Å². The summed E-state index contributed by atoms with van der Waals surface area (Å²) in [5.41, 5.74) is 3.47. The van der Waals surface area contributed by atoms with Crippen LogP contribution in [0.2, 0.25) is 0 Å². The number of rotatable bonds is 4. The lowest BCUT2D eigenvalue weighted by Gasteiger charge is -2.07. The first-order valence-electron chi connectivity index (χ1n) is 8.64. The molecule has 3 aromatic carbocycles. The van der Waals surface area contributed by atoms with E-state index in [1.165, 1.54) is 6.26 Å². The van der Waals surface area contributed by atoms with E-state index in [-0.39, 0.29) is 11.7 Å². The minimum atomic E-state index is -3.10. The number of hydrogen-bond donors (Lipinski definition) is 1. The summed E-state index contributed by atoms with van der Waals surface area (Å²) in [6, 6.07) is 23.5. The van der Waals surface area contributed by atoms with Crippen LogP contribution in [-0.4, -0.2) is 20.6 Å². The molecule has 4 nitrogen and oxygen atoms in total. The Morgan fingerprint density at radius 1 is 0.857 bits per heavy atom. The lowest BCUT2D eigenvalue weighted by molar-refractivity contribution is 0.102. The van der Waals surface area contributed by atoms with Crippen molar-refractivity contribution in [2.45, 2.75) is 5.75 Å². The molecule has 1 N–H and O–H groups in total. The molecular formula is C23H19NO3S. The molecule has 0 aliphatic rings. The summed E-state index contributed by atoms with van der Waals surface area (Å²) in [6.45, 7) is 0. The fourth-order valence-electron chi connectivity index (χ4n) is 2.60. The molecule has 0 aliphatic carbocycles. The smallest absolute Gasteiger partial charge is 0.255 e. The number of carbonyl (C=O) groups excluding carboxylic acids is 1. The number of anilines is 1. The first-order valence-corrected chi connectivity index (χ1v) is 10.7. The van der Waals surface area contributed by atoms with Crippen LogP contribution in [0.15, 0.2) is 78.9 Å². The maximum Gasteiger partial charge on any atom is 0.255 e. The molecule has 5 heteroatoms. The van der Waals surface area contributed by atoms with Gasteiger partial charge in [-0.3, -0.25) is 4.79 Å². The number of nitrogens with one attached hydrogen (secondary N) is 1. The zero-order valence-corrected chi connectivity index (χ0v) is 16.2. The molecule has 0 aliphatic heterocycles. The molecule has 1 amide bonds. The van der Waals surface area contributed by atoms with E-state index in [1.807, 2.05) is 48.5 Å². The van der Waals surface area contributed by atoms with Crippen LogP contribution in [-0.2, 0) is 15.6 Å². The summed E-state index contributed by atoms with van der Waals surface area (Å²) >= 11 is 0. The lowest BCUT2D eigenvalue weighted by Crippen LogP contribution is -2.12. The Balaban J connectivity index is 1.70. The molecule has 0 saturated carbocycles. The van der Waals surface area contributed by atoms with Crippen molar-refractivity contribution >= 4 is 21.4 Å². The summed E-state index contributed by atoms with van der Waals surface area (Å²) in [5.74, 6) is 5.86. The summed E-state index contributed by atoms with van der Waals surface area (Å²) in [6.07, 6.45) is 1.18. The van der Waals surface area contributed by atoms with Crippen molar-refractivity contribution in [3.63, 3.8) is 0 Å². The topological polar surface area (TPSA) is 63.2 Å². The van der Waals surface area contributed by atoms with E-state index < -0.39 is 9.84 Å². The number of carbonyl (C=O) groups is 1. The minimum absolute atomic E-state index is 0.0446. The molecule has 0 radical (unpaired) electrons. The number of amides is 1. The number of sulfone groups is 1. The Morgan fingerprint density at radius 3 is 2.18 bits per heavy atom. The van der Waals surface area contributed by atoms with Gasteiger partial charge in [0.05, 0.1) is 5.75 Å². The summed E-state index contributed by atoms with van der Waals surface area (Å²) in [4.78, 5) is 12.4.